The summed E-state index contributed by atoms with van der Waals surface area (Å²) in [6.07, 6.45) is 1.82. The Morgan fingerprint density at radius 2 is 1.93 bits per heavy atom. The maximum atomic E-state index is 13.6. The Bertz CT molecular complexity index is 339. The van der Waals surface area contributed by atoms with Gasteiger partial charge in [0.2, 0.25) is 0 Å². The summed E-state index contributed by atoms with van der Waals surface area (Å²) in [5, 5.41) is 3.16. The molecule has 1 aromatic rings. The molecule has 1 aliphatic rings. The summed E-state index contributed by atoms with van der Waals surface area (Å²) < 4.78 is 27.6. The first-order valence-corrected chi connectivity index (χ1v) is 5.83. The fourth-order valence-corrected chi connectivity index (χ4v) is 2.44. The van der Waals surface area contributed by atoms with E-state index < -0.39 is 11.6 Å². The topological polar surface area (TPSA) is 12.0 Å². The third-order valence-electron chi connectivity index (χ3n) is 2.75. The number of nitrogens with one attached hydrogen (secondary N) is 1. The Hall–Kier alpha value is -0.480. The van der Waals surface area contributed by atoms with Gasteiger partial charge in [-0.25, -0.2) is 8.78 Å². The normalized spacial score (nSPS) is 21.7. The number of benzene rings is 1. The number of halogens is 3. The van der Waals surface area contributed by atoms with Crippen LogP contribution in [-0.4, -0.2) is 13.1 Å². The zero-order valence-electron chi connectivity index (χ0n) is 8.19. The van der Waals surface area contributed by atoms with Crippen LogP contribution in [0, 0.1) is 11.6 Å². The average molecular weight is 276 g/mol. The molecule has 1 heterocycles. The molecule has 15 heavy (non-hydrogen) atoms. The quantitative estimate of drug-likeness (QED) is 0.830. The number of piperidine rings is 1. The molecule has 0 aromatic heterocycles. The zero-order chi connectivity index (χ0) is 10.8. The molecule has 0 bridgehead atoms. The van der Waals surface area contributed by atoms with Gasteiger partial charge in [0.05, 0.1) is 0 Å². The summed E-state index contributed by atoms with van der Waals surface area (Å²) >= 11 is 3.08. The highest BCUT2D eigenvalue weighted by Crippen LogP contribution is 2.30. The lowest BCUT2D eigenvalue weighted by Gasteiger charge is -2.23. The van der Waals surface area contributed by atoms with Crippen LogP contribution in [-0.2, 0) is 0 Å². The number of hydrogen-bond acceptors (Lipinski definition) is 1. The van der Waals surface area contributed by atoms with E-state index >= 15 is 0 Å². The lowest BCUT2D eigenvalue weighted by atomic mass is 9.91. The van der Waals surface area contributed by atoms with Crippen LogP contribution in [0.5, 0.6) is 0 Å². The second-order valence-corrected chi connectivity index (χ2v) is 4.74. The van der Waals surface area contributed by atoms with Crippen molar-refractivity contribution in [3.8, 4) is 0 Å². The summed E-state index contributed by atoms with van der Waals surface area (Å²) in [6, 6.07) is 2.65. The molecule has 1 unspecified atom stereocenters. The van der Waals surface area contributed by atoms with Gasteiger partial charge in [-0.15, -0.1) is 0 Å². The van der Waals surface area contributed by atoms with E-state index in [1.165, 1.54) is 12.1 Å². The largest absolute Gasteiger partial charge is 0.316 e. The summed E-state index contributed by atoms with van der Waals surface area (Å²) in [5.41, 5.74) is 0.227. The van der Waals surface area contributed by atoms with Crippen LogP contribution in [0.3, 0.4) is 0 Å². The molecule has 1 atom stereocenters. The van der Waals surface area contributed by atoms with Gasteiger partial charge in [0.1, 0.15) is 11.6 Å². The van der Waals surface area contributed by atoms with E-state index in [1.807, 2.05) is 0 Å². The predicted molar refractivity (Wildman–Crippen MR) is 58.9 cm³/mol. The van der Waals surface area contributed by atoms with Gasteiger partial charge < -0.3 is 5.32 Å². The molecule has 82 valence electrons. The molecule has 1 aliphatic heterocycles. The summed E-state index contributed by atoms with van der Waals surface area (Å²) in [4.78, 5) is 0. The summed E-state index contributed by atoms with van der Waals surface area (Å²) in [5.74, 6) is -0.932. The van der Waals surface area contributed by atoms with Gasteiger partial charge in [-0.05, 0) is 31.5 Å². The molecule has 1 saturated heterocycles. The molecule has 1 N–H and O–H groups in total. The van der Waals surface area contributed by atoms with Gasteiger partial charge in [-0.1, -0.05) is 15.9 Å². The van der Waals surface area contributed by atoms with E-state index in [0.29, 0.717) is 11.0 Å². The summed E-state index contributed by atoms with van der Waals surface area (Å²) in [6.45, 7) is 1.60. The third-order valence-corrected chi connectivity index (χ3v) is 3.21. The number of rotatable bonds is 1. The molecule has 0 amide bonds. The van der Waals surface area contributed by atoms with E-state index in [2.05, 4.69) is 21.2 Å². The minimum atomic E-state index is -0.449. The predicted octanol–water partition coefficient (Wildman–Crippen LogP) is 3.19. The lowest BCUT2D eigenvalue weighted by molar-refractivity contribution is 0.428. The second-order valence-electron chi connectivity index (χ2n) is 3.83. The molecule has 0 radical (unpaired) electrons. The first kappa shape index (κ1) is 11.0. The molecule has 1 fully saturated rings. The standard InChI is InChI=1S/C11H12BrF2N/c12-8-4-9(13)11(10(14)5-8)7-2-1-3-15-6-7/h4-5,7,15H,1-3,6H2. The van der Waals surface area contributed by atoms with Gasteiger partial charge in [0.25, 0.3) is 0 Å². The fraction of sp³-hybridized carbons (Fsp3) is 0.455. The Morgan fingerprint density at radius 3 is 2.47 bits per heavy atom. The van der Waals surface area contributed by atoms with E-state index in [9.17, 15) is 8.78 Å². The molecule has 0 spiro atoms. The van der Waals surface area contributed by atoms with Crippen molar-refractivity contribution >= 4 is 15.9 Å². The zero-order valence-corrected chi connectivity index (χ0v) is 9.78. The van der Waals surface area contributed by atoms with Gasteiger partial charge in [-0.3, -0.25) is 0 Å². The molecular weight excluding hydrogens is 264 g/mol. The van der Waals surface area contributed by atoms with Crippen LogP contribution in [0.15, 0.2) is 16.6 Å². The smallest absolute Gasteiger partial charge is 0.130 e. The fourth-order valence-electron chi connectivity index (χ4n) is 2.04. The highest BCUT2D eigenvalue weighted by atomic mass is 79.9. The van der Waals surface area contributed by atoms with Crippen LogP contribution in [0.4, 0.5) is 8.78 Å². The van der Waals surface area contributed by atoms with Crippen molar-refractivity contribution in [3.05, 3.63) is 33.8 Å². The Balaban J connectivity index is 2.33. The van der Waals surface area contributed by atoms with Crippen molar-refractivity contribution in [2.24, 2.45) is 0 Å². The molecule has 4 heteroatoms. The summed E-state index contributed by atoms with van der Waals surface area (Å²) in [7, 11) is 0. The molecule has 0 aliphatic carbocycles. The molecule has 1 aromatic carbocycles. The lowest BCUT2D eigenvalue weighted by Crippen LogP contribution is -2.29. The second kappa shape index (κ2) is 4.58. The minimum absolute atomic E-state index is 0.0353. The van der Waals surface area contributed by atoms with E-state index in [-0.39, 0.29) is 11.5 Å². The molecule has 0 saturated carbocycles. The first-order valence-electron chi connectivity index (χ1n) is 5.03. The Morgan fingerprint density at radius 1 is 1.27 bits per heavy atom. The maximum absolute atomic E-state index is 13.6. The maximum Gasteiger partial charge on any atom is 0.130 e. The number of hydrogen-bond donors (Lipinski definition) is 1. The van der Waals surface area contributed by atoms with Crippen molar-refractivity contribution in [2.75, 3.05) is 13.1 Å². The highest BCUT2D eigenvalue weighted by molar-refractivity contribution is 9.10. The molecule has 2 rings (SSSR count). The van der Waals surface area contributed by atoms with Crippen molar-refractivity contribution in [2.45, 2.75) is 18.8 Å². The third kappa shape index (κ3) is 2.37. The first-order chi connectivity index (χ1) is 7.18. The van der Waals surface area contributed by atoms with Crippen LogP contribution < -0.4 is 5.32 Å². The SMILES string of the molecule is Fc1cc(Br)cc(F)c1C1CCCNC1. The van der Waals surface area contributed by atoms with Crippen LogP contribution >= 0.6 is 15.9 Å². The van der Waals surface area contributed by atoms with E-state index in [0.717, 1.165) is 19.4 Å². The monoisotopic (exact) mass is 275 g/mol. The van der Waals surface area contributed by atoms with Crippen molar-refractivity contribution in [1.82, 2.24) is 5.32 Å². The highest BCUT2D eigenvalue weighted by Gasteiger charge is 2.22. The minimum Gasteiger partial charge on any atom is -0.316 e. The van der Waals surface area contributed by atoms with Crippen LogP contribution in [0.25, 0.3) is 0 Å². The van der Waals surface area contributed by atoms with Gasteiger partial charge >= 0.3 is 0 Å². The van der Waals surface area contributed by atoms with Crippen LogP contribution in [0.1, 0.15) is 24.3 Å². The average Bonchev–Trinajstić information content (AvgIpc) is 2.17. The molecule has 1 nitrogen and oxygen atoms in total. The Labute approximate surface area is 96.0 Å². The van der Waals surface area contributed by atoms with Crippen molar-refractivity contribution < 1.29 is 8.78 Å². The molecular formula is C11H12BrF2N. The van der Waals surface area contributed by atoms with Gasteiger partial charge in [0.15, 0.2) is 0 Å². The van der Waals surface area contributed by atoms with Gasteiger partial charge in [-0.2, -0.15) is 0 Å². The van der Waals surface area contributed by atoms with Crippen molar-refractivity contribution in [1.29, 1.82) is 0 Å². The van der Waals surface area contributed by atoms with Crippen LogP contribution in [0.2, 0.25) is 0 Å². The van der Waals surface area contributed by atoms with E-state index in [1.54, 1.807) is 0 Å². The van der Waals surface area contributed by atoms with E-state index in [4.69, 9.17) is 0 Å². The van der Waals surface area contributed by atoms with Gasteiger partial charge in [0, 0.05) is 22.5 Å². The van der Waals surface area contributed by atoms with Crippen molar-refractivity contribution in [3.63, 3.8) is 0 Å². The Kier molecular flexibility index (Phi) is 3.36.